The van der Waals surface area contributed by atoms with Crippen LogP contribution in [-0.2, 0) is 22.5 Å². The molecule has 0 aliphatic heterocycles. The van der Waals surface area contributed by atoms with Crippen molar-refractivity contribution in [3.63, 3.8) is 0 Å². The first-order valence-corrected chi connectivity index (χ1v) is 10.1. The maximum atomic E-state index is 12.6. The first-order chi connectivity index (χ1) is 14.8. The number of hydrogen-bond acceptors (Lipinski definition) is 5. The third kappa shape index (κ3) is 7.58. The van der Waals surface area contributed by atoms with Gasteiger partial charge in [0.2, 0.25) is 0 Å². The van der Waals surface area contributed by atoms with Crippen molar-refractivity contribution in [2.75, 3.05) is 26.9 Å². The van der Waals surface area contributed by atoms with Crippen LogP contribution in [0.2, 0.25) is 5.02 Å². The summed E-state index contributed by atoms with van der Waals surface area (Å²) < 4.78 is 10.5. The Labute approximate surface area is 186 Å². The Kier molecular flexibility index (Phi) is 9.30. The molecule has 0 saturated carbocycles. The van der Waals surface area contributed by atoms with Crippen LogP contribution < -0.4 is 21.1 Å². The number of rotatable bonds is 11. The van der Waals surface area contributed by atoms with Gasteiger partial charge in [-0.25, -0.2) is 0 Å². The molecule has 2 aromatic carbocycles. The minimum absolute atomic E-state index is 0.129. The van der Waals surface area contributed by atoms with E-state index in [1.165, 1.54) is 0 Å². The van der Waals surface area contributed by atoms with E-state index in [1.807, 2.05) is 13.0 Å². The van der Waals surface area contributed by atoms with Crippen molar-refractivity contribution in [1.82, 2.24) is 10.6 Å². The van der Waals surface area contributed by atoms with Gasteiger partial charge >= 0.3 is 0 Å². The number of amidine groups is 1. The molecular formula is C22H27ClN4O4. The lowest BCUT2D eigenvalue weighted by Gasteiger charge is -2.14. The molecule has 0 bridgehead atoms. The summed E-state index contributed by atoms with van der Waals surface area (Å²) in [7, 11) is 1.54. The topological polar surface area (TPSA) is 127 Å². The first kappa shape index (κ1) is 24.2. The van der Waals surface area contributed by atoms with E-state index in [0.29, 0.717) is 40.6 Å². The average molecular weight is 447 g/mol. The molecule has 0 spiro atoms. The Morgan fingerprint density at radius 2 is 1.90 bits per heavy atom. The Morgan fingerprint density at radius 1 is 1.13 bits per heavy atom. The fourth-order valence-electron chi connectivity index (χ4n) is 2.75. The maximum Gasteiger partial charge on any atom is 0.258 e. The Balaban J connectivity index is 2.10. The number of amides is 2. The van der Waals surface area contributed by atoms with Crippen LogP contribution in [0, 0.1) is 5.41 Å². The van der Waals surface area contributed by atoms with E-state index < -0.39 is 0 Å². The molecule has 0 atom stereocenters. The van der Waals surface area contributed by atoms with E-state index >= 15 is 0 Å². The lowest BCUT2D eigenvalue weighted by atomic mass is 10.1. The van der Waals surface area contributed by atoms with Gasteiger partial charge in [0.1, 0.15) is 11.6 Å². The van der Waals surface area contributed by atoms with Crippen molar-refractivity contribution in [1.29, 1.82) is 5.41 Å². The van der Waals surface area contributed by atoms with Crippen LogP contribution in [0.15, 0.2) is 36.4 Å². The predicted molar refractivity (Wildman–Crippen MR) is 120 cm³/mol. The maximum absolute atomic E-state index is 12.6. The highest BCUT2D eigenvalue weighted by molar-refractivity contribution is 6.31. The van der Waals surface area contributed by atoms with E-state index in [-0.39, 0.29) is 30.8 Å². The standard InChI is InChI=1S/C22H27ClN4O4/c1-3-14-8-17(10-18(23)9-14)22(29)27-12-16-5-4-15(21(24)25)11-19(16)31-13-20(28)26-6-7-30-2/h4-5,8-11H,3,6-7,12-13H2,1-2H3,(H3,24,25)(H,26,28)(H,27,29). The molecule has 0 aliphatic carbocycles. The van der Waals surface area contributed by atoms with Crippen LogP contribution in [0.25, 0.3) is 0 Å². The number of carbonyl (C=O) groups is 2. The number of methoxy groups -OCH3 is 1. The predicted octanol–water partition coefficient (Wildman–Crippen LogP) is 2.26. The zero-order valence-corrected chi connectivity index (χ0v) is 18.3. The fraction of sp³-hybridized carbons (Fsp3) is 0.318. The third-order valence-corrected chi connectivity index (χ3v) is 4.65. The van der Waals surface area contributed by atoms with Gasteiger partial charge in [0, 0.05) is 41.9 Å². The molecule has 0 saturated heterocycles. The molecule has 8 nitrogen and oxygen atoms in total. The van der Waals surface area contributed by atoms with Crippen molar-refractivity contribution in [2.24, 2.45) is 5.73 Å². The lowest BCUT2D eigenvalue weighted by molar-refractivity contribution is -0.123. The summed E-state index contributed by atoms with van der Waals surface area (Å²) in [4.78, 5) is 24.5. The Hall–Kier alpha value is -3.10. The second kappa shape index (κ2) is 11.9. The highest BCUT2D eigenvalue weighted by Gasteiger charge is 2.13. The van der Waals surface area contributed by atoms with Gasteiger partial charge in [-0.1, -0.05) is 30.7 Å². The zero-order chi connectivity index (χ0) is 22.8. The second-order valence-electron chi connectivity index (χ2n) is 6.75. The quantitative estimate of drug-likeness (QED) is 0.239. The number of carbonyl (C=O) groups excluding carboxylic acids is 2. The molecule has 0 aliphatic rings. The van der Waals surface area contributed by atoms with Gasteiger partial charge in [-0.3, -0.25) is 15.0 Å². The number of aryl methyl sites for hydroxylation is 1. The van der Waals surface area contributed by atoms with E-state index in [9.17, 15) is 9.59 Å². The van der Waals surface area contributed by atoms with Gasteiger partial charge in [0.25, 0.3) is 11.8 Å². The monoisotopic (exact) mass is 446 g/mol. The van der Waals surface area contributed by atoms with Crippen molar-refractivity contribution in [2.45, 2.75) is 19.9 Å². The normalized spacial score (nSPS) is 10.4. The second-order valence-corrected chi connectivity index (χ2v) is 7.19. The molecule has 2 amide bonds. The van der Waals surface area contributed by atoms with Gasteiger partial charge in [0.15, 0.2) is 6.61 Å². The van der Waals surface area contributed by atoms with Crippen LogP contribution in [-0.4, -0.2) is 44.5 Å². The SMILES string of the molecule is CCc1cc(Cl)cc(C(=O)NCc2ccc(C(=N)N)cc2OCC(=O)NCCOC)c1. The summed E-state index contributed by atoms with van der Waals surface area (Å²) >= 11 is 6.10. The van der Waals surface area contributed by atoms with Crippen LogP contribution >= 0.6 is 11.6 Å². The first-order valence-electron chi connectivity index (χ1n) is 9.77. The molecule has 2 rings (SSSR count). The van der Waals surface area contributed by atoms with Gasteiger partial charge in [-0.2, -0.15) is 0 Å². The van der Waals surface area contributed by atoms with Gasteiger partial charge < -0.3 is 25.8 Å². The minimum Gasteiger partial charge on any atom is -0.483 e. The van der Waals surface area contributed by atoms with Gasteiger partial charge in [0.05, 0.1) is 6.61 Å². The molecule has 0 fully saturated rings. The molecule has 166 valence electrons. The average Bonchev–Trinajstić information content (AvgIpc) is 2.75. The van der Waals surface area contributed by atoms with E-state index in [0.717, 1.165) is 12.0 Å². The number of ether oxygens (including phenoxy) is 2. The molecule has 0 unspecified atom stereocenters. The van der Waals surface area contributed by atoms with E-state index in [4.69, 9.17) is 32.2 Å². The molecule has 0 aromatic heterocycles. The zero-order valence-electron chi connectivity index (χ0n) is 17.6. The Bertz CT molecular complexity index is 949. The van der Waals surface area contributed by atoms with Crippen LogP contribution in [0.1, 0.15) is 34.0 Å². The summed E-state index contributed by atoms with van der Waals surface area (Å²) in [6.07, 6.45) is 0.762. The smallest absolute Gasteiger partial charge is 0.258 e. The fourth-order valence-corrected chi connectivity index (χ4v) is 3.01. The van der Waals surface area contributed by atoms with Crippen LogP contribution in [0.3, 0.4) is 0 Å². The van der Waals surface area contributed by atoms with Crippen molar-refractivity contribution in [3.05, 3.63) is 63.7 Å². The van der Waals surface area contributed by atoms with Gasteiger partial charge in [-0.05, 0) is 36.2 Å². The summed E-state index contributed by atoms with van der Waals surface area (Å²) in [5.41, 5.74) is 8.08. The molecule has 31 heavy (non-hydrogen) atoms. The summed E-state index contributed by atoms with van der Waals surface area (Å²) in [5.74, 6) is -0.367. The molecule has 5 N–H and O–H groups in total. The highest BCUT2D eigenvalue weighted by atomic mass is 35.5. The summed E-state index contributed by atoms with van der Waals surface area (Å²) in [6, 6.07) is 10.1. The molecular weight excluding hydrogens is 420 g/mol. The number of hydrogen-bond donors (Lipinski definition) is 4. The largest absolute Gasteiger partial charge is 0.483 e. The van der Waals surface area contributed by atoms with Crippen molar-refractivity contribution < 1.29 is 19.1 Å². The van der Waals surface area contributed by atoms with Crippen molar-refractivity contribution in [3.8, 4) is 5.75 Å². The minimum atomic E-state index is -0.314. The van der Waals surface area contributed by atoms with Crippen LogP contribution in [0.4, 0.5) is 0 Å². The van der Waals surface area contributed by atoms with Crippen LogP contribution in [0.5, 0.6) is 5.75 Å². The van der Waals surface area contributed by atoms with Crippen molar-refractivity contribution >= 4 is 29.3 Å². The molecule has 0 radical (unpaired) electrons. The number of nitrogen functional groups attached to an aromatic ring is 1. The number of halogens is 1. The molecule has 2 aromatic rings. The number of benzene rings is 2. The molecule has 0 heterocycles. The summed E-state index contributed by atoms with van der Waals surface area (Å²) in [5, 5.41) is 13.6. The Morgan fingerprint density at radius 3 is 2.58 bits per heavy atom. The molecule has 9 heteroatoms. The highest BCUT2D eigenvalue weighted by Crippen LogP contribution is 2.21. The number of nitrogens with one attached hydrogen (secondary N) is 3. The third-order valence-electron chi connectivity index (χ3n) is 4.43. The number of nitrogens with two attached hydrogens (primary N) is 1. The van der Waals surface area contributed by atoms with E-state index in [2.05, 4.69) is 10.6 Å². The summed E-state index contributed by atoms with van der Waals surface area (Å²) in [6.45, 7) is 2.69. The van der Waals surface area contributed by atoms with Gasteiger partial charge in [-0.15, -0.1) is 0 Å². The lowest BCUT2D eigenvalue weighted by Crippen LogP contribution is -2.31. The van der Waals surface area contributed by atoms with E-state index in [1.54, 1.807) is 37.4 Å².